The average Bonchev–Trinajstić information content (AvgIpc) is 2.37. The highest BCUT2D eigenvalue weighted by atomic mass is 16.5. The van der Waals surface area contributed by atoms with E-state index in [1.54, 1.807) is 0 Å². The Morgan fingerprint density at radius 1 is 1.35 bits per heavy atom. The van der Waals surface area contributed by atoms with Crippen LogP contribution >= 0.6 is 0 Å². The minimum absolute atomic E-state index is 0.0802. The Hall–Kier alpha value is -1.49. The summed E-state index contributed by atoms with van der Waals surface area (Å²) in [5.74, 6) is -0.0802. The quantitative estimate of drug-likeness (QED) is 0.864. The van der Waals surface area contributed by atoms with Crippen LogP contribution in [0.4, 0.5) is 0 Å². The van der Waals surface area contributed by atoms with Crippen LogP contribution in [0, 0.1) is 19.3 Å². The number of carbonyl (C=O) groups excluding carboxylic acids is 1. The maximum Gasteiger partial charge on any atom is 0.254 e. The highest BCUT2D eigenvalue weighted by Gasteiger charge is 2.37. The Morgan fingerprint density at radius 2 is 2.00 bits per heavy atom. The van der Waals surface area contributed by atoms with Crippen molar-refractivity contribution in [3.05, 3.63) is 23.3 Å². The van der Waals surface area contributed by atoms with Gasteiger partial charge in [-0.15, -0.1) is 0 Å². The molecule has 0 spiro atoms. The summed E-state index contributed by atoms with van der Waals surface area (Å²) < 4.78 is 5.55. The molecule has 0 saturated heterocycles. The summed E-state index contributed by atoms with van der Waals surface area (Å²) in [4.78, 5) is 20.5. The normalized spacial score (nSPS) is 16.6. The standard InChI is InChI=1S/C15H23N3O2/c1-4-20-9-15(6-5-7-15)8-16-14(19)13-11(2)17-10-18-12(13)3/h10H,4-9H2,1-3H3,(H,16,19). The van der Waals surface area contributed by atoms with E-state index in [1.807, 2.05) is 20.8 Å². The first-order valence-electron chi connectivity index (χ1n) is 7.22. The van der Waals surface area contributed by atoms with Crippen LogP contribution in [0.2, 0.25) is 0 Å². The van der Waals surface area contributed by atoms with Gasteiger partial charge in [0.25, 0.3) is 5.91 Å². The lowest BCUT2D eigenvalue weighted by molar-refractivity contribution is -0.000195. The summed E-state index contributed by atoms with van der Waals surface area (Å²) in [6, 6.07) is 0. The molecule has 1 aliphatic rings. The Kier molecular flexibility index (Phi) is 4.70. The van der Waals surface area contributed by atoms with Crippen molar-refractivity contribution in [2.24, 2.45) is 5.41 Å². The van der Waals surface area contributed by atoms with Crippen molar-refractivity contribution in [1.29, 1.82) is 0 Å². The molecule has 1 aromatic heterocycles. The van der Waals surface area contributed by atoms with Gasteiger partial charge in [0.15, 0.2) is 0 Å². The molecule has 0 aromatic carbocycles. The van der Waals surface area contributed by atoms with Crippen molar-refractivity contribution < 1.29 is 9.53 Å². The van der Waals surface area contributed by atoms with E-state index in [0.717, 1.165) is 37.4 Å². The van der Waals surface area contributed by atoms with Crippen molar-refractivity contribution >= 4 is 5.91 Å². The maximum absolute atomic E-state index is 12.3. The molecule has 1 N–H and O–H groups in total. The van der Waals surface area contributed by atoms with E-state index in [4.69, 9.17) is 4.74 Å². The average molecular weight is 277 g/mol. The smallest absolute Gasteiger partial charge is 0.254 e. The molecular weight excluding hydrogens is 254 g/mol. The summed E-state index contributed by atoms with van der Waals surface area (Å²) in [6.07, 6.45) is 4.95. The number of nitrogens with one attached hydrogen (secondary N) is 1. The molecule has 5 heteroatoms. The van der Waals surface area contributed by atoms with Crippen molar-refractivity contribution in [1.82, 2.24) is 15.3 Å². The summed E-state index contributed by atoms with van der Waals surface area (Å²) in [5.41, 5.74) is 2.17. The molecule has 1 aliphatic carbocycles. The molecule has 20 heavy (non-hydrogen) atoms. The van der Waals surface area contributed by atoms with Gasteiger partial charge in [0.1, 0.15) is 6.33 Å². The Bertz CT molecular complexity index is 464. The zero-order valence-corrected chi connectivity index (χ0v) is 12.5. The van der Waals surface area contributed by atoms with Gasteiger partial charge in [-0.1, -0.05) is 6.42 Å². The molecule has 0 bridgehead atoms. The minimum Gasteiger partial charge on any atom is -0.381 e. The van der Waals surface area contributed by atoms with E-state index in [-0.39, 0.29) is 11.3 Å². The third kappa shape index (κ3) is 3.15. The second-order valence-electron chi connectivity index (χ2n) is 5.59. The van der Waals surface area contributed by atoms with Gasteiger partial charge in [-0.3, -0.25) is 4.79 Å². The molecule has 1 heterocycles. The molecule has 0 radical (unpaired) electrons. The van der Waals surface area contributed by atoms with Gasteiger partial charge in [0.05, 0.1) is 23.6 Å². The van der Waals surface area contributed by atoms with Gasteiger partial charge >= 0.3 is 0 Å². The molecule has 2 rings (SSSR count). The summed E-state index contributed by atoms with van der Waals surface area (Å²) >= 11 is 0. The molecule has 1 saturated carbocycles. The fraction of sp³-hybridized carbons (Fsp3) is 0.667. The minimum atomic E-state index is -0.0802. The molecule has 1 aromatic rings. The van der Waals surface area contributed by atoms with Crippen LogP contribution in [0.25, 0.3) is 0 Å². The number of nitrogens with zero attached hydrogens (tertiary/aromatic N) is 2. The van der Waals surface area contributed by atoms with E-state index in [0.29, 0.717) is 12.1 Å². The molecule has 5 nitrogen and oxygen atoms in total. The monoisotopic (exact) mass is 277 g/mol. The first-order valence-corrected chi connectivity index (χ1v) is 7.22. The van der Waals surface area contributed by atoms with E-state index in [1.165, 1.54) is 12.7 Å². The van der Waals surface area contributed by atoms with Crippen LogP contribution < -0.4 is 5.32 Å². The van der Waals surface area contributed by atoms with Crippen LogP contribution in [0.5, 0.6) is 0 Å². The predicted molar refractivity (Wildman–Crippen MR) is 76.6 cm³/mol. The molecule has 1 amide bonds. The Morgan fingerprint density at radius 3 is 2.50 bits per heavy atom. The predicted octanol–water partition coefficient (Wildman–Crippen LogP) is 2.03. The number of ether oxygens (including phenoxy) is 1. The molecule has 0 aliphatic heterocycles. The SMILES string of the molecule is CCOCC1(CNC(=O)c2c(C)ncnc2C)CCC1. The van der Waals surface area contributed by atoms with Gasteiger partial charge in [-0.25, -0.2) is 9.97 Å². The third-order valence-electron chi connectivity index (χ3n) is 4.10. The lowest BCUT2D eigenvalue weighted by Gasteiger charge is -2.41. The lowest BCUT2D eigenvalue weighted by atomic mass is 9.69. The summed E-state index contributed by atoms with van der Waals surface area (Å²) in [7, 11) is 0. The van der Waals surface area contributed by atoms with Crippen LogP contribution in [-0.2, 0) is 4.74 Å². The van der Waals surface area contributed by atoms with E-state index < -0.39 is 0 Å². The fourth-order valence-corrected chi connectivity index (χ4v) is 2.65. The van der Waals surface area contributed by atoms with Crippen molar-refractivity contribution in [3.8, 4) is 0 Å². The van der Waals surface area contributed by atoms with E-state index in [9.17, 15) is 4.79 Å². The van der Waals surface area contributed by atoms with Crippen LogP contribution in [0.1, 0.15) is 47.9 Å². The summed E-state index contributed by atoms with van der Waals surface area (Å²) in [5, 5.41) is 3.03. The molecule has 0 unspecified atom stereocenters. The number of hydrogen-bond acceptors (Lipinski definition) is 4. The number of rotatable bonds is 6. The van der Waals surface area contributed by atoms with Crippen LogP contribution in [-0.4, -0.2) is 35.6 Å². The van der Waals surface area contributed by atoms with E-state index >= 15 is 0 Å². The second-order valence-corrected chi connectivity index (χ2v) is 5.59. The molecule has 0 atom stereocenters. The van der Waals surface area contributed by atoms with Crippen molar-refractivity contribution in [2.75, 3.05) is 19.8 Å². The first-order chi connectivity index (χ1) is 9.58. The number of carbonyl (C=O) groups is 1. The molecule has 110 valence electrons. The molecular formula is C15H23N3O2. The van der Waals surface area contributed by atoms with Gasteiger partial charge < -0.3 is 10.1 Å². The van der Waals surface area contributed by atoms with E-state index in [2.05, 4.69) is 15.3 Å². The maximum atomic E-state index is 12.3. The third-order valence-corrected chi connectivity index (χ3v) is 4.10. The zero-order chi connectivity index (χ0) is 14.6. The number of aryl methyl sites for hydroxylation is 2. The summed E-state index contributed by atoms with van der Waals surface area (Å²) in [6.45, 7) is 7.79. The van der Waals surface area contributed by atoms with Crippen molar-refractivity contribution in [2.45, 2.75) is 40.0 Å². The van der Waals surface area contributed by atoms with Gasteiger partial charge in [-0.2, -0.15) is 0 Å². The van der Waals surface area contributed by atoms with Crippen molar-refractivity contribution in [3.63, 3.8) is 0 Å². The number of aromatic nitrogens is 2. The van der Waals surface area contributed by atoms with Gasteiger partial charge in [-0.05, 0) is 33.6 Å². The zero-order valence-electron chi connectivity index (χ0n) is 12.5. The van der Waals surface area contributed by atoms with Crippen LogP contribution in [0.15, 0.2) is 6.33 Å². The highest BCUT2D eigenvalue weighted by molar-refractivity contribution is 5.96. The molecule has 1 fully saturated rings. The van der Waals surface area contributed by atoms with Gasteiger partial charge in [0.2, 0.25) is 0 Å². The second kappa shape index (κ2) is 6.31. The Balaban J connectivity index is 1.98. The lowest BCUT2D eigenvalue weighted by Crippen LogP contribution is -2.45. The Labute approximate surface area is 120 Å². The largest absolute Gasteiger partial charge is 0.381 e. The van der Waals surface area contributed by atoms with Crippen LogP contribution in [0.3, 0.4) is 0 Å². The number of hydrogen-bond donors (Lipinski definition) is 1. The topological polar surface area (TPSA) is 64.1 Å². The number of amides is 1. The first kappa shape index (κ1) is 14.9. The highest BCUT2D eigenvalue weighted by Crippen LogP contribution is 2.40. The fourth-order valence-electron chi connectivity index (χ4n) is 2.65. The van der Waals surface area contributed by atoms with Gasteiger partial charge in [0, 0.05) is 18.6 Å².